The fourth-order valence-electron chi connectivity index (χ4n) is 3.00. The number of hydrogen-bond acceptors (Lipinski definition) is 6. The monoisotopic (exact) mass is 409 g/mol. The molecule has 0 saturated heterocycles. The Labute approximate surface area is 176 Å². The van der Waals surface area contributed by atoms with Crippen molar-refractivity contribution in [2.75, 3.05) is 14.2 Å². The molecule has 0 unspecified atom stereocenters. The molecule has 0 saturated carbocycles. The van der Waals surface area contributed by atoms with Gasteiger partial charge in [-0.15, -0.1) is 0 Å². The number of nitrogens with zero attached hydrogens (tertiary/aromatic N) is 3. The molecule has 0 radical (unpaired) electrons. The largest absolute Gasteiger partial charge is 0.497 e. The van der Waals surface area contributed by atoms with Crippen LogP contribution in [0.1, 0.15) is 31.7 Å². The minimum absolute atomic E-state index is 0.141. The minimum Gasteiger partial charge on any atom is -0.497 e. The maximum absolute atomic E-state index is 12.9. The maximum atomic E-state index is 12.9. The SMILES string of the molecule is CCc1ccc(O[C@H](CC)C(=O)N(C)Cc2nc(-c3cccc(OC)c3)no2)cc1. The highest BCUT2D eigenvalue weighted by Gasteiger charge is 2.24. The van der Waals surface area contributed by atoms with Gasteiger partial charge in [-0.05, 0) is 42.7 Å². The molecule has 7 heteroatoms. The van der Waals surface area contributed by atoms with Crippen molar-refractivity contribution >= 4 is 5.91 Å². The molecule has 30 heavy (non-hydrogen) atoms. The Kier molecular flexibility index (Phi) is 7.06. The first-order chi connectivity index (χ1) is 14.5. The predicted molar refractivity (Wildman–Crippen MR) is 113 cm³/mol. The molecule has 3 rings (SSSR count). The van der Waals surface area contributed by atoms with Gasteiger partial charge in [-0.25, -0.2) is 0 Å². The second-order valence-electron chi connectivity index (χ2n) is 6.95. The van der Waals surface area contributed by atoms with Crippen molar-refractivity contribution in [2.24, 2.45) is 0 Å². The number of methoxy groups -OCH3 is 1. The smallest absolute Gasteiger partial charge is 0.263 e. The standard InChI is InChI=1S/C23H27N3O4/c1-5-16-10-12-18(13-11-16)29-20(6-2)23(27)26(3)15-21-24-22(25-30-21)17-8-7-9-19(14-17)28-4/h7-14,20H,5-6,15H2,1-4H3/t20-/m1/s1. The van der Waals surface area contributed by atoms with Gasteiger partial charge >= 0.3 is 0 Å². The topological polar surface area (TPSA) is 77.7 Å². The van der Waals surface area contributed by atoms with Crippen LogP contribution < -0.4 is 9.47 Å². The van der Waals surface area contributed by atoms with E-state index in [9.17, 15) is 4.79 Å². The number of aryl methyl sites for hydroxylation is 1. The summed E-state index contributed by atoms with van der Waals surface area (Å²) < 4.78 is 16.5. The zero-order valence-corrected chi connectivity index (χ0v) is 17.8. The number of rotatable bonds is 9. The number of carbonyl (C=O) groups excluding carboxylic acids is 1. The third kappa shape index (κ3) is 5.17. The van der Waals surface area contributed by atoms with E-state index in [2.05, 4.69) is 17.1 Å². The van der Waals surface area contributed by atoms with Gasteiger partial charge in [0, 0.05) is 12.6 Å². The lowest BCUT2D eigenvalue weighted by atomic mass is 10.1. The molecule has 1 aromatic heterocycles. The lowest BCUT2D eigenvalue weighted by Gasteiger charge is -2.22. The van der Waals surface area contributed by atoms with Crippen molar-refractivity contribution in [1.82, 2.24) is 15.0 Å². The summed E-state index contributed by atoms with van der Waals surface area (Å²) in [7, 11) is 3.30. The number of benzene rings is 2. The molecule has 3 aromatic rings. The Morgan fingerprint density at radius 2 is 1.90 bits per heavy atom. The van der Waals surface area contributed by atoms with Gasteiger partial charge < -0.3 is 18.9 Å². The van der Waals surface area contributed by atoms with Gasteiger partial charge in [-0.3, -0.25) is 4.79 Å². The molecule has 0 aliphatic rings. The highest BCUT2D eigenvalue weighted by atomic mass is 16.5. The highest BCUT2D eigenvalue weighted by molar-refractivity contribution is 5.81. The van der Waals surface area contributed by atoms with Crippen LogP contribution in [0, 0.1) is 0 Å². The Bertz CT molecular complexity index is 969. The van der Waals surface area contributed by atoms with E-state index >= 15 is 0 Å². The average molecular weight is 409 g/mol. The molecule has 1 amide bonds. The fourth-order valence-corrected chi connectivity index (χ4v) is 3.00. The van der Waals surface area contributed by atoms with Crippen molar-refractivity contribution in [3.63, 3.8) is 0 Å². The fraction of sp³-hybridized carbons (Fsp3) is 0.348. The Balaban J connectivity index is 1.64. The van der Waals surface area contributed by atoms with Crippen LogP contribution in [0.3, 0.4) is 0 Å². The first-order valence-corrected chi connectivity index (χ1v) is 10.0. The van der Waals surface area contributed by atoms with E-state index in [4.69, 9.17) is 14.0 Å². The van der Waals surface area contributed by atoms with Gasteiger partial charge in [0.2, 0.25) is 11.7 Å². The lowest BCUT2D eigenvalue weighted by molar-refractivity contribution is -0.138. The second kappa shape index (κ2) is 9.91. The number of carbonyl (C=O) groups is 1. The van der Waals surface area contributed by atoms with Crippen LogP contribution in [0.25, 0.3) is 11.4 Å². The van der Waals surface area contributed by atoms with Crippen molar-refractivity contribution in [3.8, 4) is 22.9 Å². The van der Waals surface area contributed by atoms with E-state index in [1.54, 1.807) is 14.2 Å². The normalized spacial score (nSPS) is 11.7. The van der Waals surface area contributed by atoms with Crippen LogP contribution in [0.5, 0.6) is 11.5 Å². The Morgan fingerprint density at radius 3 is 2.57 bits per heavy atom. The number of ether oxygens (including phenoxy) is 2. The third-order valence-corrected chi connectivity index (χ3v) is 4.80. The molecule has 0 N–H and O–H groups in total. The lowest BCUT2D eigenvalue weighted by Crippen LogP contribution is -2.39. The van der Waals surface area contributed by atoms with E-state index in [1.165, 1.54) is 10.5 Å². The molecule has 0 aliphatic carbocycles. The summed E-state index contributed by atoms with van der Waals surface area (Å²) in [5, 5.41) is 4.01. The van der Waals surface area contributed by atoms with Crippen molar-refractivity contribution < 1.29 is 18.8 Å². The summed E-state index contributed by atoms with van der Waals surface area (Å²) in [6, 6.07) is 15.2. The molecule has 1 atom stereocenters. The molecule has 1 heterocycles. The second-order valence-corrected chi connectivity index (χ2v) is 6.95. The molecule has 2 aromatic carbocycles. The number of hydrogen-bond donors (Lipinski definition) is 0. The van der Waals surface area contributed by atoms with E-state index < -0.39 is 6.10 Å². The van der Waals surface area contributed by atoms with E-state index in [0.29, 0.717) is 29.6 Å². The van der Waals surface area contributed by atoms with Crippen LogP contribution >= 0.6 is 0 Å². The molecule has 158 valence electrons. The summed E-state index contributed by atoms with van der Waals surface area (Å²) in [6.07, 6.45) is 0.932. The van der Waals surface area contributed by atoms with Crippen molar-refractivity contribution in [3.05, 3.63) is 60.0 Å². The van der Waals surface area contributed by atoms with E-state index in [0.717, 1.165) is 12.0 Å². The van der Waals surface area contributed by atoms with Crippen molar-refractivity contribution in [1.29, 1.82) is 0 Å². The molecular weight excluding hydrogens is 382 g/mol. The third-order valence-electron chi connectivity index (χ3n) is 4.80. The predicted octanol–water partition coefficient (Wildman–Crippen LogP) is 4.12. The van der Waals surface area contributed by atoms with Crippen LogP contribution in [-0.2, 0) is 17.8 Å². The summed E-state index contributed by atoms with van der Waals surface area (Å²) >= 11 is 0. The van der Waals surface area contributed by atoms with Gasteiger partial charge in [-0.2, -0.15) is 4.98 Å². The van der Waals surface area contributed by atoms with Gasteiger partial charge in [0.15, 0.2) is 6.10 Å². The number of aromatic nitrogens is 2. The molecule has 0 bridgehead atoms. The summed E-state index contributed by atoms with van der Waals surface area (Å²) in [4.78, 5) is 18.8. The van der Waals surface area contributed by atoms with Gasteiger partial charge in [-0.1, -0.05) is 43.3 Å². The zero-order valence-electron chi connectivity index (χ0n) is 17.8. The van der Waals surface area contributed by atoms with Crippen LogP contribution in [0.4, 0.5) is 0 Å². The molecule has 7 nitrogen and oxygen atoms in total. The van der Waals surface area contributed by atoms with Crippen LogP contribution in [0.15, 0.2) is 53.1 Å². The Morgan fingerprint density at radius 1 is 1.13 bits per heavy atom. The van der Waals surface area contributed by atoms with E-state index in [-0.39, 0.29) is 12.5 Å². The highest BCUT2D eigenvalue weighted by Crippen LogP contribution is 2.22. The van der Waals surface area contributed by atoms with Crippen LogP contribution in [0.2, 0.25) is 0 Å². The van der Waals surface area contributed by atoms with Crippen LogP contribution in [-0.4, -0.2) is 41.2 Å². The number of amides is 1. The quantitative estimate of drug-likeness (QED) is 0.529. The molecule has 0 fully saturated rings. The molecule has 0 spiro atoms. The first-order valence-electron chi connectivity index (χ1n) is 10.0. The zero-order chi connectivity index (χ0) is 21.5. The molecule has 0 aliphatic heterocycles. The summed E-state index contributed by atoms with van der Waals surface area (Å²) in [6.45, 7) is 4.22. The maximum Gasteiger partial charge on any atom is 0.263 e. The summed E-state index contributed by atoms with van der Waals surface area (Å²) in [5.74, 6) is 2.05. The minimum atomic E-state index is -0.580. The summed E-state index contributed by atoms with van der Waals surface area (Å²) in [5.41, 5.74) is 2.01. The Hall–Kier alpha value is -3.35. The van der Waals surface area contributed by atoms with Crippen molar-refractivity contribution in [2.45, 2.75) is 39.3 Å². The van der Waals surface area contributed by atoms with E-state index in [1.807, 2.05) is 55.5 Å². The average Bonchev–Trinajstić information content (AvgIpc) is 3.26. The first kappa shape index (κ1) is 21.4. The number of likely N-dealkylation sites (N-methyl/N-ethyl adjacent to an activating group) is 1. The van der Waals surface area contributed by atoms with Gasteiger partial charge in [0.1, 0.15) is 11.5 Å². The molecular formula is C23H27N3O4. The van der Waals surface area contributed by atoms with Gasteiger partial charge in [0.05, 0.1) is 13.7 Å². The van der Waals surface area contributed by atoms with Gasteiger partial charge in [0.25, 0.3) is 5.91 Å².